The lowest BCUT2D eigenvalue weighted by atomic mass is 10.0. The summed E-state index contributed by atoms with van der Waals surface area (Å²) in [6, 6.07) is 13.4. The Kier molecular flexibility index (Phi) is 6.27. The van der Waals surface area contributed by atoms with E-state index in [1.807, 2.05) is 42.5 Å². The number of carbonyl (C=O) groups excluding carboxylic acids is 2. The number of benzene rings is 2. The van der Waals surface area contributed by atoms with Crippen LogP contribution < -0.4 is 14.2 Å². The zero-order valence-electron chi connectivity index (χ0n) is 13.6. The maximum atomic E-state index is 8.12. The van der Waals surface area contributed by atoms with E-state index in [0.717, 1.165) is 22.6 Å². The van der Waals surface area contributed by atoms with E-state index in [2.05, 4.69) is 15.4 Å². The van der Waals surface area contributed by atoms with Crippen molar-refractivity contribution in [2.75, 3.05) is 14.2 Å². The summed E-state index contributed by atoms with van der Waals surface area (Å²) in [5, 5.41) is 10.1. The fraction of sp³-hybridized carbons (Fsp3) is 0.118. The average Bonchev–Trinajstić information content (AvgIpc) is 3.15. The van der Waals surface area contributed by atoms with Gasteiger partial charge in [0, 0.05) is 6.07 Å². The Bertz CT molecular complexity index is 821. The summed E-state index contributed by atoms with van der Waals surface area (Å²) in [6.07, 6.45) is 1.77. The highest BCUT2D eigenvalue weighted by Gasteiger charge is 2.06. The largest absolute Gasteiger partial charge is 0.497 e. The third-order valence-corrected chi connectivity index (χ3v) is 3.13. The van der Waals surface area contributed by atoms with E-state index in [9.17, 15) is 0 Å². The summed E-state index contributed by atoms with van der Waals surface area (Å²) in [4.78, 5) is 16.2. The summed E-state index contributed by atoms with van der Waals surface area (Å²) < 4.78 is 16.2. The molecule has 0 radical (unpaired) electrons. The van der Waals surface area contributed by atoms with E-state index in [0.29, 0.717) is 11.6 Å². The second-order valence-electron chi connectivity index (χ2n) is 4.62. The van der Waals surface area contributed by atoms with Crippen LogP contribution in [0.25, 0.3) is 11.1 Å². The Labute approximate surface area is 143 Å². The number of H-pyrrole nitrogens is 1. The molecule has 1 N–H and O–H groups in total. The molecule has 2 aromatic carbocycles. The van der Waals surface area contributed by atoms with Gasteiger partial charge in [0.2, 0.25) is 0 Å². The van der Waals surface area contributed by atoms with Crippen molar-refractivity contribution in [2.45, 2.75) is 0 Å². The Morgan fingerprint density at radius 2 is 1.56 bits per heavy atom. The number of hydrogen-bond donors (Lipinski definition) is 1. The third kappa shape index (κ3) is 4.92. The van der Waals surface area contributed by atoms with Gasteiger partial charge >= 0.3 is 6.15 Å². The second kappa shape index (κ2) is 8.85. The molecule has 0 aliphatic heterocycles. The van der Waals surface area contributed by atoms with Crippen LogP contribution in [0.1, 0.15) is 0 Å². The van der Waals surface area contributed by atoms with Crippen molar-refractivity contribution >= 4 is 6.15 Å². The standard InChI is InChI=1S/C16H15N3O3.CO2/c1-20-14-7-12(8-15(9-14)21-2)11-4-3-5-13(6-11)22-16-10-17-19-18-16;2-1-3/h3-10H,1-2H3,(H,17,18,19);. The first-order chi connectivity index (χ1) is 12.2. The minimum absolute atomic E-state index is 0.250. The van der Waals surface area contributed by atoms with E-state index in [-0.39, 0.29) is 6.15 Å². The minimum atomic E-state index is 0.250. The molecule has 8 heteroatoms. The SMILES string of the molecule is COc1cc(OC)cc(-c2cccc(Oc3cn[nH]n3)c2)c1.O=C=O. The van der Waals surface area contributed by atoms with Crippen molar-refractivity contribution in [1.82, 2.24) is 15.4 Å². The van der Waals surface area contributed by atoms with Crippen molar-refractivity contribution in [3.05, 3.63) is 48.7 Å². The van der Waals surface area contributed by atoms with Crippen molar-refractivity contribution < 1.29 is 23.8 Å². The molecule has 0 atom stereocenters. The van der Waals surface area contributed by atoms with Gasteiger partial charge in [-0.3, -0.25) is 0 Å². The number of nitrogens with one attached hydrogen (secondary N) is 1. The van der Waals surface area contributed by atoms with Crippen molar-refractivity contribution in [3.8, 4) is 34.3 Å². The molecule has 0 saturated carbocycles. The van der Waals surface area contributed by atoms with E-state index < -0.39 is 0 Å². The summed E-state index contributed by atoms with van der Waals surface area (Å²) in [5.74, 6) is 2.56. The fourth-order valence-electron chi connectivity index (χ4n) is 2.07. The van der Waals surface area contributed by atoms with Gasteiger partial charge in [-0.05, 0) is 35.4 Å². The maximum Gasteiger partial charge on any atom is 0.373 e. The topological polar surface area (TPSA) is 103 Å². The lowest BCUT2D eigenvalue weighted by Crippen LogP contribution is -1.89. The van der Waals surface area contributed by atoms with E-state index >= 15 is 0 Å². The highest BCUT2D eigenvalue weighted by molar-refractivity contribution is 5.68. The zero-order chi connectivity index (χ0) is 18.1. The van der Waals surface area contributed by atoms with Gasteiger partial charge in [-0.25, -0.2) is 0 Å². The molecular formula is C17H15N3O5. The van der Waals surface area contributed by atoms with Gasteiger partial charge in [0.25, 0.3) is 5.88 Å². The molecular weight excluding hydrogens is 326 g/mol. The Hall–Kier alpha value is -3.64. The average molecular weight is 341 g/mol. The van der Waals surface area contributed by atoms with Gasteiger partial charge in [-0.15, -0.1) is 5.10 Å². The number of ether oxygens (including phenoxy) is 3. The summed E-state index contributed by atoms with van der Waals surface area (Å²) in [6.45, 7) is 0. The van der Waals surface area contributed by atoms with Gasteiger partial charge < -0.3 is 14.2 Å². The van der Waals surface area contributed by atoms with Crippen LogP contribution in [-0.4, -0.2) is 35.8 Å². The van der Waals surface area contributed by atoms with Crippen LogP contribution in [0.2, 0.25) is 0 Å². The molecule has 0 spiro atoms. The number of aromatic nitrogens is 3. The summed E-state index contributed by atoms with van der Waals surface area (Å²) in [7, 11) is 3.26. The molecule has 8 nitrogen and oxygen atoms in total. The predicted octanol–water partition coefficient (Wildman–Crippen LogP) is 2.70. The van der Waals surface area contributed by atoms with Gasteiger partial charge in [0.1, 0.15) is 23.4 Å². The van der Waals surface area contributed by atoms with Crippen LogP contribution in [-0.2, 0) is 9.59 Å². The van der Waals surface area contributed by atoms with Crippen LogP contribution in [0.4, 0.5) is 0 Å². The molecule has 0 saturated heterocycles. The van der Waals surface area contributed by atoms with Gasteiger partial charge in [-0.1, -0.05) is 12.1 Å². The Morgan fingerprint density at radius 1 is 0.920 bits per heavy atom. The second-order valence-corrected chi connectivity index (χ2v) is 4.62. The van der Waals surface area contributed by atoms with E-state index in [4.69, 9.17) is 23.8 Å². The first kappa shape index (κ1) is 17.7. The van der Waals surface area contributed by atoms with Gasteiger partial charge in [0.05, 0.1) is 14.2 Å². The van der Waals surface area contributed by atoms with Crippen molar-refractivity contribution in [2.24, 2.45) is 0 Å². The van der Waals surface area contributed by atoms with Crippen LogP contribution in [0, 0.1) is 0 Å². The molecule has 0 unspecified atom stereocenters. The molecule has 0 aliphatic rings. The minimum Gasteiger partial charge on any atom is -0.497 e. The monoisotopic (exact) mass is 341 g/mol. The molecule has 25 heavy (non-hydrogen) atoms. The number of methoxy groups -OCH3 is 2. The van der Waals surface area contributed by atoms with Crippen LogP contribution in [0.5, 0.6) is 23.1 Å². The molecule has 128 valence electrons. The van der Waals surface area contributed by atoms with Gasteiger partial charge in [0.15, 0.2) is 0 Å². The number of nitrogens with zero attached hydrogens (tertiary/aromatic N) is 2. The van der Waals surface area contributed by atoms with Crippen molar-refractivity contribution in [3.63, 3.8) is 0 Å². The van der Waals surface area contributed by atoms with Crippen LogP contribution in [0.15, 0.2) is 48.7 Å². The molecule has 1 aromatic heterocycles. The normalized spacial score (nSPS) is 9.36. The molecule has 0 aliphatic carbocycles. The number of rotatable bonds is 5. The lowest BCUT2D eigenvalue weighted by molar-refractivity contribution is -0.191. The predicted molar refractivity (Wildman–Crippen MR) is 86.4 cm³/mol. The summed E-state index contributed by atoms with van der Waals surface area (Å²) in [5.41, 5.74) is 1.96. The van der Waals surface area contributed by atoms with Crippen LogP contribution >= 0.6 is 0 Å². The molecule has 0 fully saturated rings. The van der Waals surface area contributed by atoms with Crippen LogP contribution in [0.3, 0.4) is 0 Å². The van der Waals surface area contributed by atoms with E-state index in [1.54, 1.807) is 14.2 Å². The molecule has 0 amide bonds. The molecule has 1 heterocycles. The fourth-order valence-corrected chi connectivity index (χ4v) is 2.07. The highest BCUT2D eigenvalue weighted by Crippen LogP contribution is 2.32. The molecule has 0 bridgehead atoms. The van der Waals surface area contributed by atoms with Gasteiger partial charge in [-0.2, -0.15) is 19.9 Å². The zero-order valence-corrected chi connectivity index (χ0v) is 13.6. The number of aromatic amines is 1. The van der Waals surface area contributed by atoms with Crippen molar-refractivity contribution in [1.29, 1.82) is 0 Å². The highest BCUT2D eigenvalue weighted by atomic mass is 16.5. The smallest absolute Gasteiger partial charge is 0.373 e. The van der Waals surface area contributed by atoms with E-state index in [1.165, 1.54) is 6.20 Å². The Balaban J connectivity index is 0.000000701. The Morgan fingerprint density at radius 3 is 2.12 bits per heavy atom. The maximum absolute atomic E-state index is 8.12. The molecule has 3 aromatic rings. The number of hydrogen-bond acceptors (Lipinski definition) is 7. The first-order valence-electron chi connectivity index (χ1n) is 7.06. The third-order valence-electron chi connectivity index (χ3n) is 3.13. The first-order valence-corrected chi connectivity index (χ1v) is 7.06. The quantitative estimate of drug-likeness (QED) is 0.761. The lowest BCUT2D eigenvalue weighted by Gasteiger charge is -2.10. The molecule has 3 rings (SSSR count). The summed E-state index contributed by atoms with van der Waals surface area (Å²) >= 11 is 0.